The molecule has 0 N–H and O–H groups in total. The zero-order valence-corrected chi connectivity index (χ0v) is 8.96. The van der Waals surface area contributed by atoms with E-state index in [1.165, 1.54) is 0 Å². The molecule has 3 radical (unpaired) electrons. The molecule has 13 heavy (non-hydrogen) atoms. The highest BCUT2D eigenvalue weighted by atomic mass is 16.5. The first-order valence-corrected chi connectivity index (χ1v) is 4.57. The molecular formula is C8H16B3O2. The van der Waals surface area contributed by atoms with Crippen molar-refractivity contribution in [3.05, 3.63) is 0 Å². The minimum absolute atomic E-state index is 0.113. The molecule has 0 unspecified atom stereocenters. The van der Waals surface area contributed by atoms with Crippen LogP contribution in [0.5, 0.6) is 0 Å². The maximum Gasteiger partial charge on any atom is 0.284 e. The van der Waals surface area contributed by atoms with Crippen LogP contribution < -0.4 is 0 Å². The van der Waals surface area contributed by atoms with Crippen molar-refractivity contribution in [3.63, 3.8) is 0 Å². The van der Waals surface area contributed by atoms with Gasteiger partial charge in [0.15, 0.2) is 7.28 Å². The van der Waals surface area contributed by atoms with Crippen molar-refractivity contribution < 1.29 is 9.45 Å². The van der Waals surface area contributed by atoms with Crippen molar-refractivity contribution in [3.8, 4) is 0 Å². The zero-order valence-electron chi connectivity index (χ0n) is 8.96. The topological polar surface area (TPSA) is 26.3 Å². The summed E-state index contributed by atoms with van der Waals surface area (Å²) in [5.74, 6) is 0. The lowest BCUT2D eigenvalue weighted by molar-refractivity contribution is -0.110. The molecule has 0 saturated heterocycles. The van der Waals surface area contributed by atoms with E-state index in [4.69, 9.17) is 4.65 Å². The van der Waals surface area contributed by atoms with Crippen molar-refractivity contribution in [2.75, 3.05) is 0 Å². The van der Waals surface area contributed by atoms with E-state index in [9.17, 15) is 4.79 Å². The summed E-state index contributed by atoms with van der Waals surface area (Å²) in [5.41, 5.74) is 0.00554. The zero-order chi connectivity index (χ0) is 10.3. The van der Waals surface area contributed by atoms with Gasteiger partial charge in [0.25, 0.3) is 7.48 Å². The van der Waals surface area contributed by atoms with Crippen LogP contribution in [0.15, 0.2) is 0 Å². The summed E-state index contributed by atoms with van der Waals surface area (Å²) >= 11 is 0. The van der Waals surface area contributed by atoms with Gasteiger partial charge in [-0.15, -0.1) is 0 Å². The molecule has 0 aromatic carbocycles. The minimum atomic E-state index is -0.113. The number of rotatable bonds is 6. The second-order valence-corrected chi connectivity index (χ2v) is 3.97. The molecule has 0 amide bonds. The molecule has 0 aliphatic rings. The van der Waals surface area contributed by atoms with Gasteiger partial charge in [0.2, 0.25) is 0 Å². The molecule has 0 spiro atoms. The molecule has 5 heteroatoms. The van der Waals surface area contributed by atoms with E-state index >= 15 is 0 Å². The van der Waals surface area contributed by atoms with E-state index in [2.05, 4.69) is 0 Å². The summed E-state index contributed by atoms with van der Waals surface area (Å²) in [6, 6.07) is 0. The standard InChI is InChI=1S/C8H16B3O2/c1-7(12)10-5-9-6-11-13-8(2,3)4/h5-6H2,1-4H3. The van der Waals surface area contributed by atoms with E-state index in [0.717, 1.165) is 12.4 Å². The Labute approximate surface area is 83.6 Å². The molecule has 0 aromatic rings. The van der Waals surface area contributed by atoms with Gasteiger partial charge in [-0.2, -0.15) is 0 Å². The van der Waals surface area contributed by atoms with Crippen LogP contribution in [0.1, 0.15) is 27.7 Å². The Balaban J connectivity index is 3.13. The van der Waals surface area contributed by atoms with Gasteiger partial charge in [0, 0.05) is 5.60 Å². The molecule has 2 nitrogen and oxygen atoms in total. The third-order valence-electron chi connectivity index (χ3n) is 1.27. The fourth-order valence-corrected chi connectivity index (χ4v) is 0.712. The maximum atomic E-state index is 10.5. The number of hydrogen-bond acceptors (Lipinski definition) is 2. The van der Waals surface area contributed by atoms with E-state index < -0.39 is 0 Å². The average molecular weight is 177 g/mol. The van der Waals surface area contributed by atoms with E-state index in [1.54, 1.807) is 21.7 Å². The van der Waals surface area contributed by atoms with Gasteiger partial charge in [-0.05, 0) is 27.7 Å². The smallest absolute Gasteiger partial charge is 0.284 e. The number of hydrogen-bond donors (Lipinski definition) is 0. The van der Waals surface area contributed by atoms with Gasteiger partial charge in [0.05, 0.1) is 13.0 Å². The van der Waals surface area contributed by atoms with Gasteiger partial charge in [-0.1, -0.05) is 12.4 Å². The molecule has 69 valence electrons. The van der Waals surface area contributed by atoms with E-state index in [-0.39, 0.29) is 11.3 Å². The third-order valence-corrected chi connectivity index (χ3v) is 1.27. The largest absolute Gasteiger partial charge is 0.437 e. The van der Waals surface area contributed by atoms with E-state index in [0.29, 0.717) is 0 Å². The number of carbonyl (C=O) groups excluding carboxylic acids is 1. The van der Waals surface area contributed by atoms with Gasteiger partial charge in [-0.25, -0.2) is 0 Å². The fraction of sp³-hybridized carbons (Fsp3) is 0.875. The Bertz CT molecular complexity index is 154. The molecule has 0 atom stereocenters. The third kappa shape index (κ3) is 11.8. The first kappa shape index (κ1) is 12.8. The van der Waals surface area contributed by atoms with Crippen LogP contribution >= 0.6 is 0 Å². The lowest BCUT2D eigenvalue weighted by Crippen LogP contribution is -2.22. The average Bonchev–Trinajstić information content (AvgIpc) is 1.93. The lowest BCUT2D eigenvalue weighted by Gasteiger charge is -2.19. The van der Waals surface area contributed by atoms with Gasteiger partial charge in [0.1, 0.15) is 0 Å². The highest BCUT2D eigenvalue weighted by molar-refractivity contribution is 6.80. The molecule has 0 fully saturated rings. The summed E-state index contributed by atoms with van der Waals surface area (Å²) in [5, 5.41) is 0. The first-order valence-electron chi connectivity index (χ1n) is 4.57. The predicted octanol–water partition coefficient (Wildman–Crippen LogP) is 1.13. The SMILES string of the molecule is CC(=O)[B]C[B]C[B]OC(C)(C)C. The summed E-state index contributed by atoms with van der Waals surface area (Å²) in [4.78, 5) is 10.5. The highest BCUT2D eigenvalue weighted by Gasteiger charge is 2.09. The molecule has 0 heterocycles. The van der Waals surface area contributed by atoms with Crippen LogP contribution in [0.2, 0.25) is 12.4 Å². The fourth-order valence-electron chi connectivity index (χ4n) is 0.712. The lowest BCUT2D eigenvalue weighted by atomic mass is 9.48. The molecule has 0 aliphatic carbocycles. The van der Waals surface area contributed by atoms with Crippen molar-refractivity contribution in [1.82, 2.24) is 0 Å². The molecule has 0 saturated carbocycles. The second kappa shape index (κ2) is 6.30. The van der Waals surface area contributed by atoms with Gasteiger partial charge >= 0.3 is 0 Å². The Morgan fingerprint density at radius 3 is 2.38 bits per heavy atom. The maximum absolute atomic E-state index is 10.5. The van der Waals surface area contributed by atoms with E-state index in [1.807, 2.05) is 28.1 Å². The Morgan fingerprint density at radius 1 is 1.31 bits per heavy atom. The monoisotopic (exact) mass is 177 g/mol. The van der Waals surface area contributed by atoms with Crippen molar-refractivity contribution in [2.24, 2.45) is 0 Å². The Kier molecular flexibility index (Phi) is 6.22. The van der Waals surface area contributed by atoms with Crippen LogP contribution in [0.3, 0.4) is 0 Å². The summed E-state index contributed by atoms with van der Waals surface area (Å²) in [6.07, 6.45) is 1.50. The Morgan fingerprint density at radius 2 is 1.92 bits per heavy atom. The van der Waals surface area contributed by atoms with Crippen molar-refractivity contribution in [2.45, 2.75) is 45.7 Å². The number of carbonyl (C=O) groups is 1. The summed E-state index contributed by atoms with van der Waals surface area (Å²) < 4.78 is 5.38. The summed E-state index contributed by atoms with van der Waals surface area (Å²) in [6.45, 7) is 7.57. The van der Waals surface area contributed by atoms with Crippen LogP contribution in [-0.4, -0.2) is 33.3 Å². The van der Waals surface area contributed by atoms with Crippen LogP contribution in [-0.2, 0) is 9.45 Å². The predicted molar refractivity (Wildman–Crippen MR) is 58.4 cm³/mol. The highest BCUT2D eigenvalue weighted by Crippen LogP contribution is 2.05. The molecule has 0 aliphatic heterocycles. The van der Waals surface area contributed by atoms with Gasteiger partial charge < -0.3 is 9.45 Å². The van der Waals surface area contributed by atoms with Gasteiger partial charge in [-0.3, -0.25) is 0 Å². The van der Waals surface area contributed by atoms with Crippen LogP contribution in [0.25, 0.3) is 0 Å². The van der Waals surface area contributed by atoms with Crippen molar-refractivity contribution in [1.29, 1.82) is 0 Å². The molecule has 0 rings (SSSR count). The molecule has 0 aromatic heterocycles. The summed E-state index contributed by atoms with van der Waals surface area (Å²) in [7, 11) is 5.44. The first-order chi connectivity index (χ1) is 5.92. The van der Waals surface area contributed by atoms with Crippen molar-refractivity contribution >= 4 is 27.7 Å². The Hall–Kier alpha value is -0.175. The quantitative estimate of drug-likeness (QED) is 0.448. The normalized spacial score (nSPS) is 10.8. The molecular weight excluding hydrogens is 161 g/mol. The van der Waals surface area contributed by atoms with Crippen LogP contribution in [0, 0.1) is 0 Å². The minimum Gasteiger partial charge on any atom is -0.437 e. The second-order valence-electron chi connectivity index (χ2n) is 3.97. The van der Waals surface area contributed by atoms with Crippen LogP contribution in [0.4, 0.5) is 0 Å². The molecule has 0 bridgehead atoms.